The van der Waals surface area contributed by atoms with E-state index in [1.54, 1.807) is 0 Å². The molecule has 3 nitrogen and oxygen atoms in total. The van der Waals surface area contributed by atoms with Crippen LogP contribution in [0.1, 0.15) is 23.7 Å². The van der Waals surface area contributed by atoms with Crippen LogP contribution >= 0.6 is 38.5 Å². The summed E-state index contributed by atoms with van der Waals surface area (Å²) in [5.41, 5.74) is 1.33. The summed E-state index contributed by atoms with van der Waals surface area (Å²) in [6, 6.07) is 13.1. The molecule has 21 heavy (non-hydrogen) atoms. The number of amides is 1. The molecular formula is C16H15BrINO2. The van der Waals surface area contributed by atoms with Crippen LogP contribution in [0, 0.1) is 3.57 Å². The maximum absolute atomic E-state index is 12.3. The molecule has 110 valence electrons. The molecule has 2 rings (SSSR count). The highest BCUT2D eigenvalue weighted by molar-refractivity contribution is 14.1. The van der Waals surface area contributed by atoms with E-state index in [0.717, 1.165) is 25.9 Å². The molecule has 0 radical (unpaired) electrons. The number of carbonyl (C=O) groups is 1. The first kappa shape index (κ1) is 16.3. The fourth-order valence-electron chi connectivity index (χ4n) is 1.75. The van der Waals surface area contributed by atoms with Crippen molar-refractivity contribution in [3.05, 3.63) is 56.1 Å². The third-order valence-electron chi connectivity index (χ3n) is 2.74. The highest BCUT2D eigenvalue weighted by Gasteiger charge is 2.11. The number of hydrogen-bond donors (Lipinski definition) is 1. The normalized spacial score (nSPS) is 10.2. The van der Waals surface area contributed by atoms with Gasteiger partial charge in [0.15, 0.2) is 0 Å². The summed E-state index contributed by atoms with van der Waals surface area (Å²) in [7, 11) is 0. The Hall–Kier alpha value is -1.08. The molecule has 2 aromatic rings. The van der Waals surface area contributed by atoms with Gasteiger partial charge < -0.3 is 10.1 Å². The number of benzene rings is 2. The molecule has 1 N–H and O–H groups in total. The molecule has 0 aliphatic heterocycles. The van der Waals surface area contributed by atoms with E-state index in [0.29, 0.717) is 12.2 Å². The van der Waals surface area contributed by atoms with Crippen LogP contribution in [-0.2, 0) is 0 Å². The summed E-state index contributed by atoms with van der Waals surface area (Å²) in [5.74, 6) is 0.615. The first-order valence-electron chi connectivity index (χ1n) is 6.59. The van der Waals surface area contributed by atoms with Gasteiger partial charge in [0.25, 0.3) is 5.91 Å². The van der Waals surface area contributed by atoms with Crippen LogP contribution < -0.4 is 10.1 Å². The van der Waals surface area contributed by atoms with Crippen LogP contribution in [0.5, 0.6) is 5.75 Å². The number of hydrogen-bond acceptors (Lipinski definition) is 2. The summed E-state index contributed by atoms with van der Waals surface area (Å²) in [4.78, 5) is 12.3. The van der Waals surface area contributed by atoms with Crippen molar-refractivity contribution in [2.45, 2.75) is 13.3 Å². The van der Waals surface area contributed by atoms with Crippen molar-refractivity contribution < 1.29 is 9.53 Å². The number of rotatable bonds is 5. The standard InChI is InChI=1S/C16H15BrINO2/c1-2-8-21-13-5-3-4-12(10-13)19-16(20)14-9-11(18)6-7-15(14)17/h3-7,9-10H,2,8H2,1H3,(H,19,20). The predicted octanol–water partition coefficient (Wildman–Crippen LogP) is 5.09. The Labute approximate surface area is 146 Å². The molecule has 0 saturated heterocycles. The van der Waals surface area contributed by atoms with Crippen molar-refractivity contribution in [2.24, 2.45) is 0 Å². The van der Waals surface area contributed by atoms with Gasteiger partial charge in [-0.25, -0.2) is 0 Å². The topological polar surface area (TPSA) is 38.3 Å². The van der Waals surface area contributed by atoms with Crippen LogP contribution in [-0.4, -0.2) is 12.5 Å². The Bertz CT molecular complexity index is 646. The average Bonchev–Trinajstić information content (AvgIpc) is 2.48. The molecule has 0 unspecified atom stereocenters. The van der Waals surface area contributed by atoms with Gasteiger partial charge in [0.1, 0.15) is 5.75 Å². The molecule has 2 aromatic carbocycles. The summed E-state index contributed by atoms with van der Waals surface area (Å²) in [5, 5.41) is 2.89. The minimum absolute atomic E-state index is 0.145. The molecule has 0 aliphatic carbocycles. The second-order valence-electron chi connectivity index (χ2n) is 4.45. The van der Waals surface area contributed by atoms with Crippen LogP contribution in [0.25, 0.3) is 0 Å². The van der Waals surface area contributed by atoms with Gasteiger partial charge in [0.05, 0.1) is 12.2 Å². The van der Waals surface area contributed by atoms with Gasteiger partial charge in [-0.3, -0.25) is 4.79 Å². The third kappa shape index (κ3) is 4.71. The van der Waals surface area contributed by atoms with Crippen molar-refractivity contribution in [1.29, 1.82) is 0 Å². The lowest BCUT2D eigenvalue weighted by Crippen LogP contribution is -2.13. The minimum Gasteiger partial charge on any atom is -0.494 e. The van der Waals surface area contributed by atoms with Gasteiger partial charge in [-0.1, -0.05) is 13.0 Å². The summed E-state index contributed by atoms with van der Waals surface area (Å²) >= 11 is 5.59. The van der Waals surface area contributed by atoms with Gasteiger partial charge in [0.2, 0.25) is 0 Å². The first-order valence-corrected chi connectivity index (χ1v) is 8.46. The second-order valence-corrected chi connectivity index (χ2v) is 6.55. The van der Waals surface area contributed by atoms with Crippen molar-refractivity contribution in [2.75, 3.05) is 11.9 Å². The molecule has 0 saturated carbocycles. The molecule has 0 heterocycles. The van der Waals surface area contributed by atoms with E-state index in [4.69, 9.17) is 4.74 Å². The van der Waals surface area contributed by atoms with Gasteiger partial charge in [-0.15, -0.1) is 0 Å². The van der Waals surface area contributed by atoms with Crippen LogP contribution in [0.4, 0.5) is 5.69 Å². The molecule has 0 aliphatic rings. The van der Waals surface area contributed by atoms with Crippen molar-refractivity contribution in [3.8, 4) is 5.75 Å². The molecule has 5 heteroatoms. The van der Waals surface area contributed by atoms with E-state index in [-0.39, 0.29) is 5.91 Å². The number of ether oxygens (including phenoxy) is 1. The van der Waals surface area contributed by atoms with Gasteiger partial charge in [-0.05, 0) is 75.3 Å². The van der Waals surface area contributed by atoms with Gasteiger partial charge in [0, 0.05) is 19.8 Å². The highest BCUT2D eigenvalue weighted by Crippen LogP contribution is 2.22. The average molecular weight is 460 g/mol. The Morgan fingerprint density at radius 1 is 1.29 bits per heavy atom. The maximum Gasteiger partial charge on any atom is 0.256 e. The minimum atomic E-state index is -0.145. The molecule has 0 aromatic heterocycles. The third-order valence-corrected chi connectivity index (χ3v) is 4.10. The largest absolute Gasteiger partial charge is 0.494 e. The number of carbonyl (C=O) groups excluding carboxylic acids is 1. The van der Waals surface area contributed by atoms with Crippen molar-refractivity contribution in [1.82, 2.24) is 0 Å². The molecule has 0 spiro atoms. The lowest BCUT2D eigenvalue weighted by molar-refractivity contribution is 0.102. The highest BCUT2D eigenvalue weighted by atomic mass is 127. The van der Waals surface area contributed by atoms with E-state index in [1.807, 2.05) is 42.5 Å². The van der Waals surface area contributed by atoms with Gasteiger partial charge >= 0.3 is 0 Å². The fourth-order valence-corrected chi connectivity index (χ4v) is 2.67. The second kappa shape index (κ2) is 7.79. The molecule has 0 fully saturated rings. The monoisotopic (exact) mass is 459 g/mol. The first-order chi connectivity index (χ1) is 10.1. The van der Waals surface area contributed by atoms with Gasteiger partial charge in [-0.2, -0.15) is 0 Å². The number of nitrogens with one attached hydrogen (secondary N) is 1. The molecular weight excluding hydrogens is 445 g/mol. The van der Waals surface area contributed by atoms with E-state index in [9.17, 15) is 4.79 Å². The van der Waals surface area contributed by atoms with E-state index in [1.165, 1.54) is 0 Å². The summed E-state index contributed by atoms with van der Waals surface area (Å²) < 4.78 is 7.36. The number of halogens is 2. The van der Waals surface area contributed by atoms with E-state index < -0.39 is 0 Å². The molecule has 1 amide bonds. The van der Waals surface area contributed by atoms with E-state index >= 15 is 0 Å². The van der Waals surface area contributed by atoms with Crippen LogP contribution in [0.15, 0.2) is 46.9 Å². The van der Waals surface area contributed by atoms with Crippen LogP contribution in [0.2, 0.25) is 0 Å². The Balaban J connectivity index is 2.14. The zero-order valence-corrected chi connectivity index (χ0v) is 15.3. The molecule has 0 atom stereocenters. The lowest BCUT2D eigenvalue weighted by atomic mass is 10.2. The zero-order chi connectivity index (χ0) is 15.2. The smallest absolute Gasteiger partial charge is 0.256 e. The number of anilines is 1. The Kier molecular flexibility index (Phi) is 6.05. The quantitative estimate of drug-likeness (QED) is 0.632. The van der Waals surface area contributed by atoms with Crippen molar-refractivity contribution in [3.63, 3.8) is 0 Å². The fraction of sp³-hybridized carbons (Fsp3) is 0.188. The lowest BCUT2D eigenvalue weighted by Gasteiger charge is -2.09. The summed E-state index contributed by atoms with van der Waals surface area (Å²) in [6.07, 6.45) is 0.950. The zero-order valence-electron chi connectivity index (χ0n) is 11.5. The Morgan fingerprint density at radius 2 is 2.10 bits per heavy atom. The predicted molar refractivity (Wildman–Crippen MR) is 97.0 cm³/mol. The summed E-state index contributed by atoms with van der Waals surface area (Å²) in [6.45, 7) is 2.72. The van der Waals surface area contributed by atoms with Crippen molar-refractivity contribution >= 4 is 50.1 Å². The molecule has 0 bridgehead atoms. The maximum atomic E-state index is 12.3. The van der Waals surface area contributed by atoms with Crippen LogP contribution in [0.3, 0.4) is 0 Å². The SMILES string of the molecule is CCCOc1cccc(NC(=O)c2cc(I)ccc2Br)c1. The van der Waals surface area contributed by atoms with E-state index in [2.05, 4.69) is 50.8 Å². The Morgan fingerprint density at radius 3 is 2.86 bits per heavy atom.